The second-order valence-electron chi connectivity index (χ2n) is 6.81. The van der Waals surface area contributed by atoms with Crippen molar-refractivity contribution >= 4 is 11.9 Å². The predicted octanol–water partition coefficient (Wildman–Crippen LogP) is 1.69. The number of amides is 1. The maximum atomic E-state index is 11.6. The number of benzene rings is 1. The lowest BCUT2D eigenvalue weighted by Gasteiger charge is -2.27. The topological polar surface area (TPSA) is 80.0 Å². The van der Waals surface area contributed by atoms with Crippen LogP contribution in [0.5, 0.6) is 5.75 Å². The van der Waals surface area contributed by atoms with Gasteiger partial charge in [-0.15, -0.1) is 0 Å². The first-order valence-electron chi connectivity index (χ1n) is 9.27. The fourth-order valence-corrected chi connectivity index (χ4v) is 2.92. The van der Waals surface area contributed by atoms with Crippen molar-refractivity contribution in [2.45, 2.75) is 44.6 Å². The number of nitrogens with two attached hydrogens (primary N) is 1. The number of guanidine groups is 1. The fourth-order valence-electron chi connectivity index (χ4n) is 2.92. The Labute approximate surface area is 149 Å². The Hall–Kier alpha value is -2.24. The first-order valence-corrected chi connectivity index (χ1v) is 9.27. The Morgan fingerprint density at radius 1 is 1.20 bits per heavy atom. The number of hydrogen-bond acceptors (Lipinski definition) is 3. The van der Waals surface area contributed by atoms with Gasteiger partial charge in [-0.25, -0.2) is 0 Å². The molecule has 1 heterocycles. The van der Waals surface area contributed by atoms with Gasteiger partial charge >= 0.3 is 0 Å². The van der Waals surface area contributed by atoms with E-state index in [0.717, 1.165) is 32.4 Å². The third-order valence-corrected chi connectivity index (χ3v) is 4.59. The predicted molar refractivity (Wildman–Crippen MR) is 98.7 cm³/mol. The van der Waals surface area contributed by atoms with E-state index in [0.29, 0.717) is 24.3 Å². The van der Waals surface area contributed by atoms with Gasteiger partial charge in [-0.2, -0.15) is 0 Å². The number of hydrogen-bond donors (Lipinski definition) is 2. The summed E-state index contributed by atoms with van der Waals surface area (Å²) in [6.45, 7) is 2.81. The molecule has 0 aromatic heterocycles. The van der Waals surface area contributed by atoms with Crippen LogP contribution in [0.25, 0.3) is 0 Å². The second kappa shape index (κ2) is 8.74. The van der Waals surface area contributed by atoms with Gasteiger partial charge in [-0.1, -0.05) is 12.1 Å². The molecule has 25 heavy (non-hydrogen) atoms. The molecule has 0 spiro atoms. The van der Waals surface area contributed by atoms with Gasteiger partial charge < -0.3 is 20.7 Å². The highest BCUT2D eigenvalue weighted by Crippen LogP contribution is 2.18. The number of rotatable bonds is 7. The van der Waals surface area contributed by atoms with Crippen LogP contribution in [0, 0.1) is 0 Å². The molecule has 6 heteroatoms. The van der Waals surface area contributed by atoms with Crippen molar-refractivity contribution in [3.8, 4) is 5.75 Å². The summed E-state index contributed by atoms with van der Waals surface area (Å²) >= 11 is 0. The molecule has 0 radical (unpaired) electrons. The number of aliphatic imine (C=N–C) groups is 1. The molecule has 1 aliphatic heterocycles. The number of nitrogens with one attached hydrogen (secondary N) is 1. The van der Waals surface area contributed by atoms with E-state index in [9.17, 15) is 4.79 Å². The van der Waals surface area contributed by atoms with Gasteiger partial charge in [-0.3, -0.25) is 9.79 Å². The van der Waals surface area contributed by atoms with Crippen molar-refractivity contribution in [2.75, 3.05) is 26.2 Å². The summed E-state index contributed by atoms with van der Waals surface area (Å²) in [6, 6.07) is 8.20. The molecule has 3 N–H and O–H groups in total. The largest absolute Gasteiger partial charge is 0.484 e. The van der Waals surface area contributed by atoms with Crippen LogP contribution in [0.4, 0.5) is 0 Å². The average molecular weight is 344 g/mol. The molecule has 2 aliphatic rings. The molecule has 1 aromatic rings. The second-order valence-corrected chi connectivity index (χ2v) is 6.81. The van der Waals surface area contributed by atoms with Gasteiger partial charge in [-0.05, 0) is 56.2 Å². The summed E-state index contributed by atoms with van der Waals surface area (Å²) in [5.41, 5.74) is 7.25. The van der Waals surface area contributed by atoms with E-state index in [1.165, 1.54) is 24.8 Å². The summed E-state index contributed by atoms with van der Waals surface area (Å²) in [5, 5.41) is 2.91. The van der Waals surface area contributed by atoms with Crippen LogP contribution >= 0.6 is 0 Å². The zero-order valence-electron chi connectivity index (χ0n) is 14.7. The van der Waals surface area contributed by atoms with Gasteiger partial charge in [0.05, 0.1) is 0 Å². The zero-order chi connectivity index (χ0) is 17.5. The van der Waals surface area contributed by atoms with E-state index in [2.05, 4.69) is 15.2 Å². The van der Waals surface area contributed by atoms with Gasteiger partial charge in [0.15, 0.2) is 12.6 Å². The van der Waals surface area contributed by atoms with Crippen LogP contribution in [-0.4, -0.2) is 49.0 Å². The molecule has 1 aromatic carbocycles. The molecular formula is C19H28N4O2. The molecule has 0 bridgehead atoms. The van der Waals surface area contributed by atoms with Gasteiger partial charge in [0.1, 0.15) is 5.75 Å². The minimum absolute atomic E-state index is 0.0471. The Morgan fingerprint density at radius 3 is 2.60 bits per heavy atom. The maximum Gasteiger partial charge on any atom is 0.258 e. The lowest BCUT2D eigenvalue weighted by molar-refractivity contribution is -0.123. The van der Waals surface area contributed by atoms with Crippen LogP contribution < -0.4 is 15.8 Å². The number of carbonyl (C=O) groups excluding carboxylic acids is 1. The van der Waals surface area contributed by atoms with Gasteiger partial charge in [0, 0.05) is 25.7 Å². The van der Waals surface area contributed by atoms with Crippen LogP contribution in [0.15, 0.2) is 29.3 Å². The van der Waals surface area contributed by atoms with E-state index < -0.39 is 0 Å². The van der Waals surface area contributed by atoms with E-state index in [-0.39, 0.29) is 12.5 Å². The summed E-state index contributed by atoms with van der Waals surface area (Å²) in [7, 11) is 0. The minimum Gasteiger partial charge on any atom is -0.484 e. The van der Waals surface area contributed by atoms with E-state index in [1.54, 1.807) is 0 Å². The van der Waals surface area contributed by atoms with Crippen LogP contribution in [0.1, 0.15) is 37.7 Å². The highest BCUT2D eigenvalue weighted by Gasteiger charge is 2.23. The monoisotopic (exact) mass is 344 g/mol. The zero-order valence-corrected chi connectivity index (χ0v) is 14.7. The van der Waals surface area contributed by atoms with Gasteiger partial charge in [0.2, 0.25) is 0 Å². The Balaban J connectivity index is 1.38. The summed E-state index contributed by atoms with van der Waals surface area (Å²) in [6.07, 6.45) is 6.72. The van der Waals surface area contributed by atoms with Crippen molar-refractivity contribution in [3.63, 3.8) is 0 Å². The molecule has 2 fully saturated rings. The lowest BCUT2D eigenvalue weighted by Crippen LogP contribution is -2.41. The normalized spacial score (nSPS) is 18.1. The van der Waals surface area contributed by atoms with E-state index >= 15 is 0 Å². The molecule has 1 aliphatic carbocycles. The van der Waals surface area contributed by atoms with Crippen molar-refractivity contribution in [2.24, 2.45) is 10.7 Å². The molecule has 0 atom stereocenters. The Kier molecular flexibility index (Phi) is 6.14. The van der Waals surface area contributed by atoms with Crippen LogP contribution in [-0.2, 0) is 11.2 Å². The molecule has 3 rings (SSSR count). The van der Waals surface area contributed by atoms with Crippen molar-refractivity contribution in [1.82, 2.24) is 10.2 Å². The summed E-state index contributed by atoms with van der Waals surface area (Å²) in [5.74, 6) is 1.33. The molecule has 1 saturated carbocycles. The van der Waals surface area contributed by atoms with E-state index in [1.807, 2.05) is 24.3 Å². The third kappa shape index (κ3) is 5.96. The average Bonchev–Trinajstić information content (AvgIpc) is 3.45. The number of nitrogens with zero attached hydrogens (tertiary/aromatic N) is 2. The standard InChI is InChI=1S/C19H28N4O2/c20-19(23-12-2-1-3-13-23)21-11-10-15-4-8-17(9-5-15)25-14-18(24)22-16-6-7-16/h4-5,8-9,16H,1-3,6-7,10-14H2,(H2,20,21)(H,22,24). The third-order valence-electron chi connectivity index (χ3n) is 4.59. The Bertz CT molecular complexity index is 590. The van der Waals surface area contributed by atoms with Crippen LogP contribution in [0.3, 0.4) is 0 Å². The fraction of sp³-hybridized carbons (Fsp3) is 0.579. The smallest absolute Gasteiger partial charge is 0.258 e. The molecule has 1 saturated heterocycles. The molecule has 6 nitrogen and oxygen atoms in total. The first-order chi connectivity index (χ1) is 12.2. The summed E-state index contributed by atoms with van der Waals surface area (Å²) in [4.78, 5) is 18.3. The minimum atomic E-state index is -0.0471. The first kappa shape index (κ1) is 17.6. The number of carbonyl (C=O) groups is 1. The SMILES string of the molecule is NC(=NCCc1ccc(OCC(=O)NC2CC2)cc1)N1CCCCC1. The number of piperidine rings is 1. The Morgan fingerprint density at radius 2 is 1.92 bits per heavy atom. The van der Waals surface area contributed by atoms with Crippen molar-refractivity contribution in [1.29, 1.82) is 0 Å². The van der Waals surface area contributed by atoms with Crippen LogP contribution in [0.2, 0.25) is 0 Å². The quantitative estimate of drug-likeness (QED) is 0.583. The molecular weight excluding hydrogens is 316 g/mol. The molecule has 1 amide bonds. The van der Waals surface area contributed by atoms with Crippen molar-refractivity contribution in [3.05, 3.63) is 29.8 Å². The molecule has 0 unspecified atom stereocenters. The molecule has 136 valence electrons. The maximum absolute atomic E-state index is 11.6. The number of ether oxygens (including phenoxy) is 1. The van der Waals surface area contributed by atoms with E-state index in [4.69, 9.17) is 10.5 Å². The van der Waals surface area contributed by atoms with Gasteiger partial charge in [0.25, 0.3) is 5.91 Å². The summed E-state index contributed by atoms with van der Waals surface area (Å²) < 4.78 is 5.51. The lowest BCUT2D eigenvalue weighted by atomic mass is 10.1. The highest BCUT2D eigenvalue weighted by atomic mass is 16.5. The van der Waals surface area contributed by atoms with Crippen molar-refractivity contribution < 1.29 is 9.53 Å². The highest BCUT2D eigenvalue weighted by molar-refractivity contribution is 5.78. The number of likely N-dealkylation sites (tertiary alicyclic amines) is 1.